The van der Waals surface area contributed by atoms with Crippen molar-refractivity contribution in [3.63, 3.8) is 0 Å². The van der Waals surface area contributed by atoms with E-state index in [2.05, 4.69) is 20.0 Å². The molecule has 1 aliphatic heterocycles. The third-order valence-corrected chi connectivity index (χ3v) is 2.80. The van der Waals surface area contributed by atoms with Crippen molar-refractivity contribution in [3.05, 3.63) is 18.6 Å². The Kier molecular flexibility index (Phi) is 4.11. The highest BCUT2D eigenvalue weighted by atomic mass is 16.5. The first-order chi connectivity index (χ1) is 9.20. The molecule has 3 amide bonds. The minimum Gasteiger partial charge on any atom is -0.453 e. The van der Waals surface area contributed by atoms with E-state index < -0.39 is 0 Å². The molecule has 1 aromatic heterocycles. The van der Waals surface area contributed by atoms with E-state index >= 15 is 0 Å². The van der Waals surface area contributed by atoms with Gasteiger partial charge in [-0.1, -0.05) is 0 Å². The number of aromatic nitrogens is 2. The molecule has 1 fully saturated rings. The number of nitrogens with zero attached hydrogens (tertiary/aromatic N) is 4. The van der Waals surface area contributed by atoms with Crippen LogP contribution in [0.1, 0.15) is 0 Å². The topological polar surface area (TPSA) is 87.7 Å². The number of carbonyl (C=O) groups excluding carboxylic acids is 2. The number of amides is 3. The van der Waals surface area contributed by atoms with Crippen LogP contribution in [0.2, 0.25) is 0 Å². The van der Waals surface area contributed by atoms with Gasteiger partial charge in [-0.05, 0) is 0 Å². The molecule has 8 heteroatoms. The van der Waals surface area contributed by atoms with Crippen molar-refractivity contribution in [3.8, 4) is 0 Å². The largest absolute Gasteiger partial charge is 0.453 e. The minimum absolute atomic E-state index is 0.245. The molecule has 8 nitrogen and oxygen atoms in total. The first-order valence-corrected chi connectivity index (χ1v) is 5.85. The molecule has 0 aliphatic carbocycles. The van der Waals surface area contributed by atoms with E-state index in [-0.39, 0.29) is 12.1 Å². The predicted molar refractivity (Wildman–Crippen MR) is 66.6 cm³/mol. The van der Waals surface area contributed by atoms with Gasteiger partial charge in [-0.3, -0.25) is 10.3 Å². The molecule has 1 aliphatic rings. The first-order valence-electron chi connectivity index (χ1n) is 5.85. The number of nitrogens with one attached hydrogen (secondary N) is 1. The number of rotatable bonds is 1. The fourth-order valence-corrected chi connectivity index (χ4v) is 1.77. The van der Waals surface area contributed by atoms with E-state index in [0.717, 1.165) is 0 Å². The Bertz CT molecular complexity index is 445. The van der Waals surface area contributed by atoms with Crippen LogP contribution in [0.3, 0.4) is 0 Å². The monoisotopic (exact) mass is 265 g/mol. The maximum atomic E-state index is 11.9. The first kappa shape index (κ1) is 13.1. The number of carbonyl (C=O) groups is 2. The lowest BCUT2D eigenvalue weighted by Gasteiger charge is -2.33. The number of hydrogen-bond donors (Lipinski definition) is 1. The van der Waals surface area contributed by atoms with Crippen LogP contribution in [0.5, 0.6) is 0 Å². The summed E-state index contributed by atoms with van der Waals surface area (Å²) in [7, 11) is 1.34. The zero-order valence-corrected chi connectivity index (χ0v) is 10.6. The molecule has 2 rings (SSSR count). The highest BCUT2D eigenvalue weighted by Crippen LogP contribution is 2.06. The van der Waals surface area contributed by atoms with Crippen LogP contribution in [0.15, 0.2) is 18.6 Å². The predicted octanol–water partition coefficient (Wildman–Crippen LogP) is 0.392. The molecule has 19 heavy (non-hydrogen) atoms. The number of urea groups is 1. The van der Waals surface area contributed by atoms with Crippen LogP contribution < -0.4 is 5.32 Å². The maximum absolute atomic E-state index is 11.9. The van der Waals surface area contributed by atoms with Gasteiger partial charge in [-0.15, -0.1) is 0 Å². The Hall–Kier alpha value is -2.38. The molecule has 2 heterocycles. The lowest BCUT2D eigenvalue weighted by Crippen LogP contribution is -2.51. The fraction of sp³-hybridized carbons (Fsp3) is 0.455. The number of ether oxygens (including phenoxy) is 1. The van der Waals surface area contributed by atoms with Crippen molar-refractivity contribution < 1.29 is 14.3 Å². The quantitative estimate of drug-likeness (QED) is 0.793. The molecule has 0 unspecified atom stereocenters. The summed E-state index contributed by atoms with van der Waals surface area (Å²) in [5.74, 6) is 0.405. The molecule has 0 bridgehead atoms. The van der Waals surface area contributed by atoms with Gasteiger partial charge >= 0.3 is 12.1 Å². The number of methoxy groups -OCH3 is 1. The Labute approximate surface area is 110 Å². The standard InChI is InChI=1S/C11H15N5O3/c1-19-11(18)16-6-4-15(5-7-16)10(17)14-9-8-12-2-3-13-9/h2-3,8H,4-7H2,1H3,(H,13,14,17). The van der Waals surface area contributed by atoms with Crippen molar-refractivity contribution in [2.24, 2.45) is 0 Å². The van der Waals surface area contributed by atoms with Crippen molar-refractivity contribution in [2.75, 3.05) is 38.6 Å². The van der Waals surface area contributed by atoms with Crippen molar-refractivity contribution >= 4 is 17.9 Å². The van der Waals surface area contributed by atoms with Crippen LogP contribution in [-0.2, 0) is 4.74 Å². The molecule has 1 saturated heterocycles. The van der Waals surface area contributed by atoms with E-state index in [1.54, 1.807) is 9.80 Å². The van der Waals surface area contributed by atoms with Crippen LogP contribution in [0, 0.1) is 0 Å². The molecular weight excluding hydrogens is 250 g/mol. The van der Waals surface area contributed by atoms with E-state index in [9.17, 15) is 9.59 Å². The molecule has 0 atom stereocenters. The SMILES string of the molecule is COC(=O)N1CCN(C(=O)Nc2cnccn2)CC1. The summed E-state index contributed by atoms with van der Waals surface area (Å²) in [4.78, 5) is 34.2. The average Bonchev–Trinajstić information content (AvgIpc) is 2.47. The van der Waals surface area contributed by atoms with Gasteiger partial charge in [0.15, 0.2) is 5.82 Å². The Morgan fingerprint density at radius 1 is 1.21 bits per heavy atom. The molecule has 0 aromatic carbocycles. The van der Waals surface area contributed by atoms with E-state index in [0.29, 0.717) is 32.0 Å². The zero-order valence-electron chi connectivity index (χ0n) is 10.6. The van der Waals surface area contributed by atoms with Gasteiger partial charge in [-0.2, -0.15) is 0 Å². The zero-order chi connectivity index (χ0) is 13.7. The molecule has 0 saturated carbocycles. The van der Waals surface area contributed by atoms with E-state index in [4.69, 9.17) is 0 Å². The van der Waals surface area contributed by atoms with Crippen LogP contribution in [0.25, 0.3) is 0 Å². The maximum Gasteiger partial charge on any atom is 0.409 e. The summed E-state index contributed by atoms with van der Waals surface area (Å²) in [5.41, 5.74) is 0. The number of anilines is 1. The molecule has 102 valence electrons. The fourth-order valence-electron chi connectivity index (χ4n) is 1.77. The third-order valence-electron chi connectivity index (χ3n) is 2.80. The molecule has 1 N–H and O–H groups in total. The third kappa shape index (κ3) is 3.30. The second-order valence-corrected chi connectivity index (χ2v) is 3.96. The summed E-state index contributed by atoms with van der Waals surface area (Å²) >= 11 is 0. The van der Waals surface area contributed by atoms with Gasteiger partial charge < -0.3 is 14.5 Å². The van der Waals surface area contributed by atoms with Crippen LogP contribution in [0.4, 0.5) is 15.4 Å². The van der Waals surface area contributed by atoms with Gasteiger partial charge in [0.1, 0.15) is 0 Å². The Balaban J connectivity index is 1.84. The second-order valence-electron chi connectivity index (χ2n) is 3.96. The van der Waals surface area contributed by atoms with E-state index in [1.807, 2.05) is 0 Å². The minimum atomic E-state index is -0.367. The number of piperazine rings is 1. The Morgan fingerprint density at radius 3 is 2.47 bits per heavy atom. The highest BCUT2D eigenvalue weighted by molar-refractivity contribution is 5.88. The van der Waals surface area contributed by atoms with Crippen LogP contribution >= 0.6 is 0 Å². The highest BCUT2D eigenvalue weighted by Gasteiger charge is 2.24. The van der Waals surface area contributed by atoms with Crippen LogP contribution in [-0.4, -0.2) is 65.2 Å². The smallest absolute Gasteiger partial charge is 0.409 e. The molecular formula is C11H15N5O3. The van der Waals surface area contributed by atoms with Gasteiger partial charge in [-0.25, -0.2) is 14.6 Å². The summed E-state index contributed by atoms with van der Waals surface area (Å²) in [6, 6.07) is -0.245. The average molecular weight is 265 g/mol. The molecule has 1 aromatic rings. The van der Waals surface area contributed by atoms with Gasteiger partial charge in [0.2, 0.25) is 0 Å². The summed E-state index contributed by atoms with van der Waals surface area (Å²) in [5, 5.41) is 2.65. The number of hydrogen-bond acceptors (Lipinski definition) is 5. The van der Waals surface area contributed by atoms with Crippen molar-refractivity contribution in [1.29, 1.82) is 0 Å². The normalized spacial score (nSPS) is 15.0. The van der Waals surface area contributed by atoms with E-state index in [1.165, 1.54) is 25.7 Å². The summed E-state index contributed by atoms with van der Waals surface area (Å²) in [6.07, 6.45) is 4.15. The lowest BCUT2D eigenvalue weighted by molar-refractivity contribution is 0.0992. The Morgan fingerprint density at radius 2 is 1.89 bits per heavy atom. The van der Waals surface area contributed by atoms with Gasteiger partial charge in [0, 0.05) is 38.6 Å². The van der Waals surface area contributed by atoms with Crippen molar-refractivity contribution in [2.45, 2.75) is 0 Å². The lowest BCUT2D eigenvalue weighted by atomic mass is 10.3. The molecule has 0 radical (unpaired) electrons. The van der Waals surface area contributed by atoms with Crippen molar-refractivity contribution in [1.82, 2.24) is 19.8 Å². The van der Waals surface area contributed by atoms with Gasteiger partial charge in [0.05, 0.1) is 13.3 Å². The van der Waals surface area contributed by atoms with Gasteiger partial charge in [0.25, 0.3) is 0 Å². The summed E-state index contributed by atoms with van der Waals surface area (Å²) < 4.78 is 4.63. The summed E-state index contributed by atoms with van der Waals surface area (Å²) in [6.45, 7) is 1.84. The molecule has 0 spiro atoms. The second kappa shape index (κ2) is 5.98.